The van der Waals surface area contributed by atoms with E-state index in [1.165, 1.54) is 11.3 Å². The molecule has 1 saturated heterocycles. The van der Waals surface area contributed by atoms with Crippen LogP contribution in [0.4, 0.5) is 5.69 Å². The van der Waals surface area contributed by atoms with E-state index in [0.29, 0.717) is 6.54 Å². The third-order valence-corrected chi connectivity index (χ3v) is 4.99. The average molecular weight is 281 g/mol. The molecule has 2 aliphatic heterocycles. The lowest BCUT2D eigenvalue weighted by Crippen LogP contribution is -2.44. The van der Waals surface area contributed by atoms with Gasteiger partial charge in [-0.15, -0.1) is 0 Å². The van der Waals surface area contributed by atoms with Crippen molar-refractivity contribution in [1.82, 2.24) is 4.90 Å². The van der Waals surface area contributed by atoms with Crippen molar-refractivity contribution in [1.29, 1.82) is 0 Å². The van der Waals surface area contributed by atoms with Crippen molar-refractivity contribution < 1.29 is 5.11 Å². The summed E-state index contributed by atoms with van der Waals surface area (Å²) >= 11 is 6.49. The summed E-state index contributed by atoms with van der Waals surface area (Å²) in [6, 6.07) is 6.16. The maximum Gasteiger partial charge on any atom is 0.0606 e. The number of hydrogen-bond acceptors (Lipinski definition) is 3. The van der Waals surface area contributed by atoms with E-state index in [1.54, 1.807) is 0 Å². The van der Waals surface area contributed by atoms with Crippen molar-refractivity contribution in [3.8, 4) is 0 Å². The summed E-state index contributed by atoms with van der Waals surface area (Å²) in [7, 11) is 2.18. The molecule has 3 rings (SSSR count). The quantitative estimate of drug-likeness (QED) is 0.899. The van der Waals surface area contributed by atoms with Crippen LogP contribution in [0.1, 0.15) is 18.4 Å². The van der Waals surface area contributed by atoms with Gasteiger partial charge in [0.1, 0.15) is 0 Å². The molecule has 1 fully saturated rings. The molecule has 1 spiro atoms. The largest absolute Gasteiger partial charge is 0.395 e. The molecule has 0 aliphatic carbocycles. The van der Waals surface area contributed by atoms with Crippen LogP contribution in [0.5, 0.6) is 0 Å². The first-order valence-electron chi connectivity index (χ1n) is 7.00. The fraction of sp³-hybridized carbons (Fsp3) is 0.600. The highest BCUT2D eigenvalue weighted by Crippen LogP contribution is 2.49. The Labute approximate surface area is 119 Å². The molecule has 0 atom stereocenters. The molecule has 19 heavy (non-hydrogen) atoms. The zero-order valence-corrected chi connectivity index (χ0v) is 12.2. The summed E-state index contributed by atoms with van der Waals surface area (Å²) in [5.74, 6) is 0. The van der Waals surface area contributed by atoms with Gasteiger partial charge in [-0.1, -0.05) is 17.7 Å². The van der Waals surface area contributed by atoms with Crippen molar-refractivity contribution in [2.45, 2.75) is 18.3 Å². The Morgan fingerprint density at radius 1 is 1.32 bits per heavy atom. The van der Waals surface area contributed by atoms with Crippen LogP contribution < -0.4 is 4.90 Å². The second kappa shape index (κ2) is 4.97. The molecule has 0 bridgehead atoms. The summed E-state index contributed by atoms with van der Waals surface area (Å²) in [6.45, 7) is 4.14. The van der Waals surface area contributed by atoms with Crippen LogP contribution >= 0.6 is 11.6 Å². The number of aliphatic hydroxyl groups excluding tert-OH is 1. The van der Waals surface area contributed by atoms with Crippen LogP contribution in [0.25, 0.3) is 0 Å². The lowest BCUT2D eigenvalue weighted by Gasteiger charge is -2.38. The highest BCUT2D eigenvalue weighted by Gasteiger charge is 2.45. The minimum Gasteiger partial charge on any atom is -0.395 e. The van der Waals surface area contributed by atoms with Gasteiger partial charge in [0.25, 0.3) is 0 Å². The minimum absolute atomic E-state index is 0.190. The van der Waals surface area contributed by atoms with Gasteiger partial charge in [-0.2, -0.15) is 0 Å². The van der Waals surface area contributed by atoms with E-state index < -0.39 is 0 Å². The summed E-state index contributed by atoms with van der Waals surface area (Å²) in [5, 5.41) is 10.2. The Morgan fingerprint density at radius 3 is 2.74 bits per heavy atom. The van der Waals surface area contributed by atoms with Gasteiger partial charge in [-0.25, -0.2) is 0 Å². The third kappa shape index (κ3) is 2.14. The molecule has 104 valence electrons. The van der Waals surface area contributed by atoms with Crippen LogP contribution in [0.2, 0.25) is 5.02 Å². The van der Waals surface area contributed by atoms with E-state index in [0.717, 1.165) is 37.5 Å². The number of β-amino-alcohol motifs (C(OH)–C–C–N with tert-alkyl or cyclic N) is 1. The number of anilines is 1. The number of hydrogen-bond donors (Lipinski definition) is 1. The molecule has 2 heterocycles. The zero-order valence-electron chi connectivity index (χ0n) is 11.4. The van der Waals surface area contributed by atoms with Gasteiger partial charge in [-0.05, 0) is 45.1 Å². The Bertz CT molecular complexity index is 469. The molecule has 4 heteroatoms. The molecule has 0 aromatic heterocycles. The molecule has 2 aliphatic rings. The number of halogens is 1. The van der Waals surface area contributed by atoms with Crippen molar-refractivity contribution >= 4 is 17.3 Å². The fourth-order valence-electron chi connectivity index (χ4n) is 3.61. The Kier molecular flexibility index (Phi) is 3.46. The first kappa shape index (κ1) is 13.2. The summed E-state index contributed by atoms with van der Waals surface area (Å²) in [5.41, 5.74) is 2.74. The molecule has 0 saturated carbocycles. The number of likely N-dealkylation sites (tertiary alicyclic amines) is 1. The molecule has 1 aromatic carbocycles. The molecular weight excluding hydrogens is 260 g/mol. The van der Waals surface area contributed by atoms with Gasteiger partial charge in [0.2, 0.25) is 0 Å². The Hall–Kier alpha value is -0.770. The first-order chi connectivity index (χ1) is 9.16. The lowest BCUT2D eigenvalue weighted by molar-refractivity contribution is 0.195. The topological polar surface area (TPSA) is 26.7 Å². The smallest absolute Gasteiger partial charge is 0.0606 e. The molecule has 1 aromatic rings. The number of nitrogens with zero attached hydrogens (tertiary/aromatic N) is 2. The highest BCUT2D eigenvalue weighted by atomic mass is 35.5. The van der Waals surface area contributed by atoms with Crippen molar-refractivity contribution in [3.05, 3.63) is 28.8 Å². The predicted molar refractivity (Wildman–Crippen MR) is 79.2 cm³/mol. The SMILES string of the molecule is CN1CCC2(CC1)CN(CCO)c1cccc(Cl)c12. The minimum atomic E-state index is 0.190. The molecule has 0 radical (unpaired) electrons. The van der Waals surface area contributed by atoms with Crippen molar-refractivity contribution in [2.75, 3.05) is 44.7 Å². The molecule has 3 nitrogen and oxygen atoms in total. The fourth-order valence-corrected chi connectivity index (χ4v) is 3.98. The van der Waals surface area contributed by atoms with Gasteiger partial charge in [0, 0.05) is 34.8 Å². The second-order valence-corrected chi connectivity index (χ2v) is 6.27. The Balaban J connectivity index is 2.01. The Morgan fingerprint density at radius 2 is 2.05 bits per heavy atom. The zero-order chi connectivity index (χ0) is 13.5. The monoisotopic (exact) mass is 280 g/mol. The standard InChI is InChI=1S/C15H21ClN2O/c1-17-7-5-15(6-8-17)11-18(9-10-19)13-4-2-3-12(16)14(13)15/h2-4,19H,5-11H2,1H3. The molecule has 0 amide bonds. The number of fused-ring (bicyclic) bond motifs is 2. The van der Waals surface area contributed by atoms with Crippen LogP contribution in [-0.2, 0) is 5.41 Å². The van der Waals surface area contributed by atoms with Gasteiger partial charge < -0.3 is 14.9 Å². The number of piperidine rings is 1. The highest BCUT2D eigenvalue weighted by molar-refractivity contribution is 6.32. The van der Waals surface area contributed by atoms with E-state index in [2.05, 4.69) is 22.9 Å². The normalized spacial score (nSPS) is 21.9. The number of aliphatic hydroxyl groups is 1. The van der Waals surface area contributed by atoms with Crippen LogP contribution in [0.15, 0.2) is 18.2 Å². The van der Waals surface area contributed by atoms with Gasteiger partial charge in [-0.3, -0.25) is 0 Å². The maximum absolute atomic E-state index is 9.27. The van der Waals surface area contributed by atoms with Crippen LogP contribution in [-0.4, -0.2) is 49.8 Å². The number of benzene rings is 1. The third-order valence-electron chi connectivity index (χ3n) is 4.67. The summed E-state index contributed by atoms with van der Waals surface area (Å²) < 4.78 is 0. The number of rotatable bonds is 2. The van der Waals surface area contributed by atoms with E-state index in [1.807, 2.05) is 12.1 Å². The van der Waals surface area contributed by atoms with Crippen LogP contribution in [0, 0.1) is 0 Å². The van der Waals surface area contributed by atoms with Gasteiger partial charge >= 0.3 is 0 Å². The van der Waals surface area contributed by atoms with E-state index in [9.17, 15) is 5.11 Å². The van der Waals surface area contributed by atoms with Crippen molar-refractivity contribution in [2.24, 2.45) is 0 Å². The maximum atomic E-state index is 9.27. The van der Waals surface area contributed by atoms with Gasteiger partial charge in [0.15, 0.2) is 0 Å². The van der Waals surface area contributed by atoms with E-state index in [-0.39, 0.29) is 12.0 Å². The van der Waals surface area contributed by atoms with E-state index in [4.69, 9.17) is 11.6 Å². The van der Waals surface area contributed by atoms with Crippen molar-refractivity contribution in [3.63, 3.8) is 0 Å². The molecule has 0 unspecified atom stereocenters. The second-order valence-electron chi connectivity index (χ2n) is 5.86. The first-order valence-corrected chi connectivity index (χ1v) is 7.37. The summed E-state index contributed by atoms with van der Waals surface area (Å²) in [6.07, 6.45) is 2.31. The average Bonchev–Trinajstić information content (AvgIpc) is 2.70. The lowest BCUT2D eigenvalue weighted by atomic mass is 9.74. The molecular formula is C15H21ClN2O. The summed E-state index contributed by atoms with van der Waals surface area (Å²) in [4.78, 5) is 4.68. The predicted octanol–water partition coefficient (Wildman–Crippen LogP) is 2.12. The van der Waals surface area contributed by atoms with Crippen LogP contribution in [0.3, 0.4) is 0 Å². The van der Waals surface area contributed by atoms with E-state index >= 15 is 0 Å². The molecule has 1 N–H and O–H groups in total. The van der Waals surface area contributed by atoms with Gasteiger partial charge in [0.05, 0.1) is 6.61 Å².